The normalized spacial score (nSPS) is 21.7. The molecule has 0 aromatic carbocycles. The van der Waals surface area contributed by atoms with Crippen LogP contribution < -0.4 is 10.2 Å². The number of nitrogens with one attached hydrogen (secondary N) is 1. The summed E-state index contributed by atoms with van der Waals surface area (Å²) in [6.45, 7) is 4.73. The maximum atomic E-state index is 10.5. The summed E-state index contributed by atoms with van der Waals surface area (Å²) in [6, 6.07) is 0.338. The molecule has 15 heavy (non-hydrogen) atoms. The van der Waals surface area contributed by atoms with Gasteiger partial charge in [0.15, 0.2) is 5.13 Å². The Morgan fingerprint density at radius 3 is 3.20 bits per heavy atom. The molecule has 1 fully saturated rings. The molecule has 1 atom stereocenters. The van der Waals surface area contributed by atoms with E-state index in [0.29, 0.717) is 6.04 Å². The fourth-order valence-corrected chi connectivity index (χ4v) is 2.46. The monoisotopic (exact) mass is 228 g/mol. The van der Waals surface area contributed by atoms with Gasteiger partial charge in [-0.15, -0.1) is 0 Å². The van der Waals surface area contributed by atoms with Crippen molar-refractivity contribution >= 4 is 21.5 Å². The Morgan fingerprint density at radius 2 is 2.60 bits per heavy atom. The number of thiazole rings is 1. The largest absolute Gasteiger partial charge is 0.345 e. The Labute approximate surface area is 91.1 Å². The summed E-state index contributed by atoms with van der Waals surface area (Å²) in [5.74, 6) is 0. The molecular formula is C8H12N4O2S. The van der Waals surface area contributed by atoms with E-state index in [-0.39, 0.29) is 5.00 Å². The predicted molar refractivity (Wildman–Crippen MR) is 58.4 cm³/mol. The summed E-state index contributed by atoms with van der Waals surface area (Å²) in [6.07, 6.45) is 1.33. The first-order valence-corrected chi connectivity index (χ1v) is 5.57. The van der Waals surface area contributed by atoms with E-state index in [1.54, 1.807) is 0 Å². The molecular weight excluding hydrogens is 216 g/mol. The molecule has 0 saturated carbocycles. The van der Waals surface area contributed by atoms with Gasteiger partial charge in [0, 0.05) is 25.7 Å². The minimum Gasteiger partial charge on any atom is -0.343 e. The highest BCUT2D eigenvalue weighted by Crippen LogP contribution is 2.29. The first-order chi connectivity index (χ1) is 7.18. The molecule has 0 aliphatic carbocycles. The Balaban J connectivity index is 2.17. The molecule has 2 rings (SSSR count). The van der Waals surface area contributed by atoms with Crippen LogP contribution in [0.5, 0.6) is 0 Å². The maximum Gasteiger partial charge on any atom is 0.345 e. The third-order valence-corrected chi connectivity index (χ3v) is 3.39. The van der Waals surface area contributed by atoms with Crippen LogP contribution in [-0.4, -0.2) is 35.6 Å². The van der Waals surface area contributed by atoms with Crippen LogP contribution in [0.4, 0.5) is 10.1 Å². The summed E-state index contributed by atoms with van der Waals surface area (Å²) in [5.41, 5.74) is 0. The number of hydrogen-bond donors (Lipinski definition) is 1. The number of aromatic nitrogens is 1. The van der Waals surface area contributed by atoms with Crippen LogP contribution in [-0.2, 0) is 0 Å². The molecule has 1 aromatic rings. The molecule has 2 heterocycles. The van der Waals surface area contributed by atoms with Gasteiger partial charge in [0.05, 0.1) is 4.92 Å². The van der Waals surface area contributed by atoms with Gasteiger partial charge in [0.2, 0.25) is 0 Å². The zero-order chi connectivity index (χ0) is 10.8. The van der Waals surface area contributed by atoms with Gasteiger partial charge in [-0.25, -0.2) is 4.98 Å². The highest BCUT2D eigenvalue weighted by atomic mass is 32.1. The van der Waals surface area contributed by atoms with E-state index in [9.17, 15) is 10.1 Å². The fourth-order valence-electron chi connectivity index (χ4n) is 1.60. The van der Waals surface area contributed by atoms with Crippen molar-refractivity contribution in [3.8, 4) is 0 Å². The van der Waals surface area contributed by atoms with E-state index in [1.807, 2.05) is 0 Å². The average Bonchev–Trinajstić information content (AvgIpc) is 2.67. The third-order valence-electron chi connectivity index (χ3n) is 2.41. The molecule has 0 amide bonds. The summed E-state index contributed by atoms with van der Waals surface area (Å²) >= 11 is 1.14. The molecule has 1 N–H and O–H groups in total. The zero-order valence-corrected chi connectivity index (χ0v) is 9.16. The van der Waals surface area contributed by atoms with Crippen molar-refractivity contribution in [3.63, 3.8) is 0 Å². The lowest BCUT2D eigenvalue weighted by molar-refractivity contribution is -0.380. The molecule has 1 aliphatic heterocycles. The number of anilines is 1. The van der Waals surface area contributed by atoms with Crippen LogP contribution >= 0.6 is 11.3 Å². The average molecular weight is 228 g/mol. The zero-order valence-electron chi connectivity index (χ0n) is 8.34. The summed E-state index contributed by atoms with van der Waals surface area (Å²) in [4.78, 5) is 16.3. The lowest BCUT2D eigenvalue weighted by atomic mass is 10.2. The van der Waals surface area contributed by atoms with Crippen molar-refractivity contribution in [2.24, 2.45) is 0 Å². The van der Waals surface area contributed by atoms with E-state index >= 15 is 0 Å². The summed E-state index contributed by atoms with van der Waals surface area (Å²) in [5, 5.41) is 14.6. The molecule has 1 aromatic heterocycles. The Bertz CT molecular complexity index is 367. The molecule has 0 radical (unpaired) electrons. The Kier molecular flexibility index (Phi) is 2.83. The van der Waals surface area contributed by atoms with Crippen molar-refractivity contribution in [3.05, 3.63) is 16.3 Å². The van der Waals surface area contributed by atoms with E-state index in [2.05, 4.69) is 22.1 Å². The first kappa shape index (κ1) is 10.3. The molecule has 0 bridgehead atoms. The molecule has 6 nitrogen and oxygen atoms in total. The van der Waals surface area contributed by atoms with Crippen molar-refractivity contribution in [2.45, 2.75) is 13.0 Å². The predicted octanol–water partition coefficient (Wildman–Crippen LogP) is 0.849. The minimum absolute atomic E-state index is 0.107. The van der Waals surface area contributed by atoms with E-state index in [0.717, 1.165) is 36.1 Å². The van der Waals surface area contributed by atoms with Gasteiger partial charge < -0.3 is 10.2 Å². The van der Waals surface area contributed by atoms with E-state index in [4.69, 9.17) is 0 Å². The lowest BCUT2D eigenvalue weighted by Gasteiger charge is -2.33. The quantitative estimate of drug-likeness (QED) is 0.600. The Hall–Kier alpha value is -1.21. The van der Waals surface area contributed by atoms with E-state index < -0.39 is 4.92 Å². The number of nitro groups is 1. The van der Waals surface area contributed by atoms with Gasteiger partial charge in [0.25, 0.3) is 0 Å². The summed E-state index contributed by atoms with van der Waals surface area (Å²) in [7, 11) is 0. The van der Waals surface area contributed by atoms with Crippen molar-refractivity contribution < 1.29 is 4.92 Å². The SMILES string of the molecule is CC1CNCCN1c1ncc([N+](=O)[O-])s1. The van der Waals surface area contributed by atoms with Gasteiger partial charge in [0.1, 0.15) is 6.20 Å². The second-order valence-electron chi connectivity index (χ2n) is 3.48. The first-order valence-electron chi connectivity index (χ1n) is 4.76. The Morgan fingerprint density at radius 1 is 1.80 bits per heavy atom. The van der Waals surface area contributed by atoms with Gasteiger partial charge in [-0.2, -0.15) is 0 Å². The van der Waals surface area contributed by atoms with Crippen molar-refractivity contribution in [1.82, 2.24) is 10.3 Å². The highest BCUT2D eigenvalue weighted by Gasteiger charge is 2.23. The van der Waals surface area contributed by atoms with Crippen LogP contribution in [0.3, 0.4) is 0 Å². The lowest BCUT2D eigenvalue weighted by Crippen LogP contribution is -2.49. The molecule has 1 unspecified atom stereocenters. The number of piperazine rings is 1. The van der Waals surface area contributed by atoms with Crippen molar-refractivity contribution in [2.75, 3.05) is 24.5 Å². The van der Waals surface area contributed by atoms with Crippen LogP contribution in [0.1, 0.15) is 6.92 Å². The number of nitrogens with zero attached hydrogens (tertiary/aromatic N) is 3. The number of rotatable bonds is 2. The maximum absolute atomic E-state index is 10.5. The topological polar surface area (TPSA) is 71.3 Å². The third kappa shape index (κ3) is 2.07. The van der Waals surface area contributed by atoms with Crippen LogP contribution in [0.25, 0.3) is 0 Å². The highest BCUT2D eigenvalue weighted by molar-refractivity contribution is 7.18. The molecule has 82 valence electrons. The van der Waals surface area contributed by atoms with Crippen LogP contribution in [0.2, 0.25) is 0 Å². The minimum atomic E-state index is -0.395. The van der Waals surface area contributed by atoms with Crippen molar-refractivity contribution in [1.29, 1.82) is 0 Å². The molecule has 0 spiro atoms. The second-order valence-corrected chi connectivity index (χ2v) is 4.47. The van der Waals surface area contributed by atoms with Crippen LogP contribution in [0.15, 0.2) is 6.20 Å². The standard InChI is InChI=1S/C8H12N4O2S/c1-6-4-9-2-3-11(6)8-10-5-7(15-8)12(13)14/h5-6,9H,2-4H2,1H3. The molecule has 7 heteroatoms. The second kappa shape index (κ2) is 4.11. The fraction of sp³-hybridized carbons (Fsp3) is 0.625. The van der Waals surface area contributed by atoms with Crippen LogP contribution in [0, 0.1) is 10.1 Å². The summed E-state index contributed by atoms with van der Waals surface area (Å²) < 4.78 is 0. The van der Waals surface area contributed by atoms with Gasteiger partial charge >= 0.3 is 5.00 Å². The van der Waals surface area contributed by atoms with Gasteiger partial charge in [-0.1, -0.05) is 0 Å². The van der Waals surface area contributed by atoms with Gasteiger partial charge in [-0.05, 0) is 18.3 Å². The molecule has 1 saturated heterocycles. The molecule has 1 aliphatic rings. The van der Waals surface area contributed by atoms with E-state index in [1.165, 1.54) is 6.20 Å². The number of hydrogen-bond acceptors (Lipinski definition) is 6. The van der Waals surface area contributed by atoms with Gasteiger partial charge in [-0.3, -0.25) is 10.1 Å². The smallest absolute Gasteiger partial charge is 0.343 e.